The van der Waals surface area contributed by atoms with Crippen LogP contribution in [0, 0.1) is 0 Å². The molecule has 1 aromatic carbocycles. The zero-order valence-electron chi connectivity index (χ0n) is 10.5. The summed E-state index contributed by atoms with van der Waals surface area (Å²) in [7, 11) is 1.40. The van der Waals surface area contributed by atoms with Gasteiger partial charge in [0.15, 0.2) is 5.43 Å². The third kappa shape index (κ3) is 1.94. The summed E-state index contributed by atoms with van der Waals surface area (Å²) in [4.78, 5) is 36.7. The van der Waals surface area contributed by atoms with Crippen molar-refractivity contribution in [3.63, 3.8) is 0 Å². The van der Waals surface area contributed by atoms with Crippen molar-refractivity contribution in [3.8, 4) is 0 Å². The van der Waals surface area contributed by atoms with E-state index in [1.165, 1.54) is 19.4 Å². The van der Waals surface area contributed by atoms with E-state index in [1.54, 1.807) is 24.3 Å². The molecule has 1 saturated heterocycles. The molecule has 1 aromatic heterocycles. The molecule has 5 nitrogen and oxygen atoms in total. The predicted molar refractivity (Wildman–Crippen MR) is 76.2 cm³/mol. The number of hydrogen-bond acceptors (Lipinski definition) is 5. The molecule has 0 aliphatic carbocycles. The number of benzene rings is 1. The topological polar surface area (TPSA) is 67.6 Å². The minimum absolute atomic E-state index is 0.222. The molecule has 20 heavy (non-hydrogen) atoms. The lowest BCUT2D eigenvalue weighted by molar-refractivity contribution is -0.121. The number of amides is 2. The first kappa shape index (κ1) is 12.7. The fourth-order valence-electron chi connectivity index (χ4n) is 1.88. The Bertz CT molecular complexity index is 821. The van der Waals surface area contributed by atoms with Crippen LogP contribution in [0.2, 0.25) is 0 Å². The fraction of sp³-hybridized carbons (Fsp3) is 0.0714. The lowest BCUT2D eigenvalue weighted by Crippen LogP contribution is -2.22. The summed E-state index contributed by atoms with van der Waals surface area (Å²) in [6.45, 7) is 0. The zero-order valence-corrected chi connectivity index (χ0v) is 11.3. The first-order valence-electron chi connectivity index (χ1n) is 5.80. The highest BCUT2D eigenvalue weighted by Crippen LogP contribution is 2.30. The molecule has 6 heteroatoms. The van der Waals surface area contributed by atoms with Crippen molar-refractivity contribution < 1.29 is 14.0 Å². The molecule has 2 heterocycles. The maximum atomic E-state index is 12.3. The van der Waals surface area contributed by atoms with Crippen molar-refractivity contribution in [1.29, 1.82) is 0 Å². The maximum Gasteiger partial charge on any atom is 0.293 e. The highest BCUT2D eigenvalue weighted by Gasteiger charge is 2.32. The molecule has 0 radical (unpaired) electrons. The van der Waals surface area contributed by atoms with Crippen LogP contribution in [0.1, 0.15) is 5.56 Å². The molecule has 0 bridgehead atoms. The van der Waals surface area contributed by atoms with Crippen LogP contribution in [0.25, 0.3) is 17.0 Å². The second-order valence-corrected chi connectivity index (χ2v) is 5.25. The van der Waals surface area contributed by atoms with Gasteiger partial charge in [-0.25, -0.2) is 0 Å². The molecule has 3 rings (SSSR count). The van der Waals surface area contributed by atoms with Crippen molar-refractivity contribution in [2.24, 2.45) is 0 Å². The van der Waals surface area contributed by atoms with Crippen LogP contribution in [0.5, 0.6) is 0 Å². The van der Waals surface area contributed by atoms with E-state index < -0.39 is 5.91 Å². The van der Waals surface area contributed by atoms with E-state index in [1.807, 2.05) is 0 Å². The fourth-order valence-corrected chi connectivity index (χ4v) is 2.70. The molecule has 0 atom stereocenters. The van der Waals surface area contributed by atoms with E-state index in [0.717, 1.165) is 16.7 Å². The van der Waals surface area contributed by atoms with Crippen LogP contribution in [0.15, 0.2) is 44.6 Å². The van der Waals surface area contributed by atoms with E-state index in [9.17, 15) is 14.4 Å². The summed E-state index contributed by atoms with van der Waals surface area (Å²) < 4.78 is 5.36. The van der Waals surface area contributed by atoms with E-state index in [2.05, 4.69) is 0 Å². The van der Waals surface area contributed by atoms with Gasteiger partial charge in [0.2, 0.25) is 0 Å². The smallest absolute Gasteiger partial charge is 0.293 e. The molecular formula is C14H9NO4S. The van der Waals surface area contributed by atoms with Crippen molar-refractivity contribution >= 4 is 40.0 Å². The van der Waals surface area contributed by atoms with Crippen LogP contribution in [0.3, 0.4) is 0 Å². The molecule has 1 aliphatic heterocycles. The van der Waals surface area contributed by atoms with Gasteiger partial charge in [-0.3, -0.25) is 19.3 Å². The highest BCUT2D eigenvalue weighted by molar-refractivity contribution is 8.18. The molecule has 0 spiro atoms. The van der Waals surface area contributed by atoms with Crippen molar-refractivity contribution in [3.05, 3.63) is 51.2 Å². The number of para-hydroxylation sites is 1. The number of rotatable bonds is 1. The number of carbonyl (C=O) groups is 2. The van der Waals surface area contributed by atoms with Crippen LogP contribution in [0.4, 0.5) is 4.79 Å². The second kappa shape index (κ2) is 4.64. The molecule has 0 N–H and O–H groups in total. The van der Waals surface area contributed by atoms with E-state index >= 15 is 0 Å². The van der Waals surface area contributed by atoms with Crippen LogP contribution in [-0.2, 0) is 4.79 Å². The Hall–Kier alpha value is -2.34. The molecule has 1 aliphatic rings. The summed E-state index contributed by atoms with van der Waals surface area (Å²) in [5, 5.41) is 0.0865. The van der Waals surface area contributed by atoms with Crippen LogP contribution >= 0.6 is 11.8 Å². The minimum Gasteiger partial charge on any atom is -0.463 e. The Morgan fingerprint density at radius 1 is 1.20 bits per heavy atom. The van der Waals surface area contributed by atoms with Gasteiger partial charge in [-0.15, -0.1) is 0 Å². The van der Waals surface area contributed by atoms with Gasteiger partial charge in [0.25, 0.3) is 11.1 Å². The van der Waals surface area contributed by atoms with Gasteiger partial charge in [-0.2, -0.15) is 0 Å². The number of imide groups is 1. The molecule has 1 fully saturated rings. The van der Waals surface area contributed by atoms with Gasteiger partial charge in [-0.05, 0) is 30.0 Å². The summed E-state index contributed by atoms with van der Waals surface area (Å²) in [5.74, 6) is -0.410. The lowest BCUT2D eigenvalue weighted by Gasteiger charge is -2.01. The Morgan fingerprint density at radius 2 is 1.95 bits per heavy atom. The monoisotopic (exact) mass is 287 g/mol. The van der Waals surface area contributed by atoms with Gasteiger partial charge in [0.05, 0.1) is 15.9 Å². The number of thioether (sulfide) groups is 1. The lowest BCUT2D eigenvalue weighted by atomic mass is 10.1. The van der Waals surface area contributed by atoms with E-state index in [4.69, 9.17) is 4.42 Å². The van der Waals surface area contributed by atoms with Crippen molar-refractivity contribution in [2.75, 3.05) is 7.05 Å². The quantitative estimate of drug-likeness (QED) is 0.754. The molecule has 100 valence electrons. The molecule has 2 amide bonds. The van der Waals surface area contributed by atoms with Crippen molar-refractivity contribution in [2.45, 2.75) is 0 Å². The van der Waals surface area contributed by atoms with Gasteiger partial charge in [0.1, 0.15) is 11.8 Å². The van der Waals surface area contributed by atoms with Crippen LogP contribution in [-0.4, -0.2) is 23.1 Å². The largest absolute Gasteiger partial charge is 0.463 e. The van der Waals surface area contributed by atoms with Crippen LogP contribution < -0.4 is 5.43 Å². The van der Waals surface area contributed by atoms with Gasteiger partial charge in [-0.1, -0.05) is 12.1 Å². The third-order valence-electron chi connectivity index (χ3n) is 2.98. The maximum absolute atomic E-state index is 12.3. The predicted octanol–water partition coefficient (Wildman–Crippen LogP) is 2.46. The van der Waals surface area contributed by atoms with E-state index in [-0.39, 0.29) is 21.1 Å². The second-order valence-electron chi connectivity index (χ2n) is 4.26. The minimum atomic E-state index is -0.410. The standard InChI is InChI=1S/C14H9NO4S/c1-15-13(17)11(20-14(15)18)6-8-7-19-10-5-3-2-4-9(10)12(8)16/h2-7H,1H3/b11-6-. The number of hydrogen-bond donors (Lipinski definition) is 0. The Morgan fingerprint density at radius 3 is 2.65 bits per heavy atom. The Labute approximate surface area is 117 Å². The Balaban J connectivity index is 2.13. The number of likely N-dealkylation sites (N-methyl/N-ethyl adjacent to an activating group) is 1. The molecule has 2 aromatic rings. The van der Waals surface area contributed by atoms with Gasteiger partial charge < -0.3 is 4.42 Å². The number of nitrogens with zero attached hydrogens (tertiary/aromatic N) is 1. The normalized spacial score (nSPS) is 17.4. The Kier molecular flexibility index (Phi) is 2.94. The summed E-state index contributed by atoms with van der Waals surface area (Å²) in [6, 6.07) is 6.86. The zero-order chi connectivity index (χ0) is 14.3. The van der Waals surface area contributed by atoms with Gasteiger partial charge in [0, 0.05) is 7.05 Å². The molecule has 0 unspecified atom stereocenters. The number of fused-ring (bicyclic) bond motifs is 1. The average Bonchev–Trinajstić information content (AvgIpc) is 2.70. The summed E-state index contributed by atoms with van der Waals surface area (Å²) in [6.07, 6.45) is 2.70. The number of carbonyl (C=O) groups excluding carboxylic acids is 2. The first-order chi connectivity index (χ1) is 9.58. The summed E-state index contributed by atoms with van der Waals surface area (Å²) in [5.41, 5.74) is 0.510. The third-order valence-corrected chi connectivity index (χ3v) is 3.94. The van der Waals surface area contributed by atoms with Crippen molar-refractivity contribution in [1.82, 2.24) is 4.90 Å². The SMILES string of the molecule is CN1C(=O)S/C(=C\c2coc3ccccc3c2=O)C1=O. The van der Waals surface area contributed by atoms with Gasteiger partial charge >= 0.3 is 0 Å². The highest BCUT2D eigenvalue weighted by atomic mass is 32.2. The first-order valence-corrected chi connectivity index (χ1v) is 6.61. The molecular weight excluding hydrogens is 278 g/mol. The van der Waals surface area contributed by atoms with E-state index in [0.29, 0.717) is 11.0 Å². The average molecular weight is 287 g/mol. The molecule has 0 saturated carbocycles. The summed E-state index contributed by atoms with van der Waals surface area (Å²) >= 11 is 0.809.